The van der Waals surface area contributed by atoms with Crippen molar-refractivity contribution in [3.63, 3.8) is 0 Å². The Morgan fingerprint density at radius 3 is 2.49 bits per heavy atom. The van der Waals surface area contributed by atoms with Crippen LogP contribution < -0.4 is 0 Å². The van der Waals surface area contributed by atoms with E-state index >= 15 is 0 Å². The normalized spacial score (nSPS) is 18.4. The number of halogens is 3. The largest absolute Gasteiger partial charge is 0.416 e. The van der Waals surface area contributed by atoms with Gasteiger partial charge in [-0.05, 0) is 54.2 Å². The number of nitrogens with zero attached hydrogens (tertiary/aromatic N) is 3. The fourth-order valence-corrected chi connectivity index (χ4v) is 5.19. The summed E-state index contributed by atoms with van der Waals surface area (Å²) in [5.41, 5.74) is 2.80. The number of rotatable bonds is 8. The van der Waals surface area contributed by atoms with Crippen molar-refractivity contribution in [1.29, 1.82) is 0 Å². The van der Waals surface area contributed by atoms with Gasteiger partial charge in [-0.25, -0.2) is 0 Å². The second-order valence-electron chi connectivity index (χ2n) is 10.5. The highest BCUT2D eigenvalue weighted by Gasteiger charge is 2.38. The minimum Gasteiger partial charge on any atom is -0.338 e. The molecule has 0 N–H and O–H groups in total. The third-order valence-electron chi connectivity index (χ3n) is 6.91. The number of aromatic nitrogens is 1. The number of aryl methyl sites for hydroxylation is 1. The van der Waals surface area contributed by atoms with Gasteiger partial charge in [-0.2, -0.15) is 13.2 Å². The fraction of sp³-hybridized carbons (Fsp3) is 0.400. The van der Waals surface area contributed by atoms with E-state index in [1.54, 1.807) is 12.3 Å². The molecule has 1 aliphatic heterocycles. The maximum absolute atomic E-state index is 13.5. The first-order chi connectivity index (χ1) is 17.6. The van der Waals surface area contributed by atoms with E-state index in [0.29, 0.717) is 43.9 Å². The summed E-state index contributed by atoms with van der Waals surface area (Å²) in [5, 5.41) is 0. The summed E-state index contributed by atoms with van der Waals surface area (Å²) >= 11 is 0. The van der Waals surface area contributed by atoms with Gasteiger partial charge in [0, 0.05) is 56.6 Å². The monoisotopic (exact) mass is 509 g/mol. The van der Waals surface area contributed by atoms with Crippen molar-refractivity contribution in [3.05, 3.63) is 101 Å². The fourth-order valence-electron chi connectivity index (χ4n) is 5.19. The number of carbonyl (C=O) groups is 1. The van der Waals surface area contributed by atoms with Gasteiger partial charge >= 0.3 is 6.18 Å². The minimum atomic E-state index is -4.40. The molecule has 196 valence electrons. The Kier molecular flexibility index (Phi) is 8.32. The van der Waals surface area contributed by atoms with Gasteiger partial charge in [0.05, 0.1) is 5.56 Å². The summed E-state index contributed by atoms with van der Waals surface area (Å²) < 4.78 is 40.6. The van der Waals surface area contributed by atoms with E-state index in [2.05, 4.69) is 23.7 Å². The Morgan fingerprint density at radius 1 is 1.08 bits per heavy atom. The Hall–Kier alpha value is -3.19. The predicted molar refractivity (Wildman–Crippen MR) is 139 cm³/mol. The number of carbonyl (C=O) groups excluding carboxylic acids is 1. The number of alkyl halides is 3. The highest BCUT2D eigenvalue weighted by atomic mass is 19.4. The minimum absolute atomic E-state index is 0.00620. The second-order valence-corrected chi connectivity index (χ2v) is 10.5. The molecule has 1 saturated heterocycles. The highest BCUT2D eigenvalue weighted by molar-refractivity contribution is 5.94. The molecule has 7 heteroatoms. The average Bonchev–Trinajstić information content (AvgIpc) is 3.25. The summed E-state index contributed by atoms with van der Waals surface area (Å²) in [6, 6.07) is 17.1. The molecular formula is C30H34F3N3O. The van der Waals surface area contributed by atoms with Crippen molar-refractivity contribution in [1.82, 2.24) is 14.8 Å². The maximum atomic E-state index is 13.5. The lowest BCUT2D eigenvalue weighted by Gasteiger charge is -2.30. The number of hydrogen-bond acceptors (Lipinski definition) is 3. The number of pyridine rings is 1. The van der Waals surface area contributed by atoms with E-state index in [-0.39, 0.29) is 23.7 Å². The summed E-state index contributed by atoms with van der Waals surface area (Å²) in [6.45, 7) is 9.16. The van der Waals surface area contributed by atoms with E-state index in [0.717, 1.165) is 17.2 Å². The van der Waals surface area contributed by atoms with Crippen LogP contribution in [0.15, 0.2) is 73.1 Å². The molecule has 1 aromatic heterocycles. The molecule has 0 saturated carbocycles. The number of likely N-dealkylation sites (tertiary alicyclic amines) is 1. The Balaban J connectivity index is 1.63. The number of hydrogen-bond donors (Lipinski definition) is 0. The van der Waals surface area contributed by atoms with Crippen molar-refractivity contribution in [2.45, 2.75) is 39.4 Å². The molecule has 0 radical (unpaired) electrons. The Morgan fingerprint density at radius 2 is 1.84 bits per heavy atom. The van der Waals surface area contributed by atoms with E-state index < -0.39 is 11.7 Å². The zero-order chi connectivity index (χ0) is 26.6. The first-order valence-electron chi connectivity index (χ1n) is 12.7. The average molecular weight is 510 g/mol. The van der Waals surface area contributed by atoms with Crippen molar-refractivity contribution >= 4 is 5.91 Å². The van der Waals surface area contributed by atoms with E-state index in [4.69, 9.17) is 0 Å². The van der Waals surface area contributed by atoms with Gasteiger partial charge in [-0.3, -0.25) is 14.7 Å². The quantitative estimate of drug-likeness (QED) is 0.352. The predicted octanol–water partition coefficient (Wildman–Crippen LogP) is 6.42. The van der Waals surface area contributed by atoms with Gasteiger partial charge in [-0.1, -0.05) is 55.8 Å². The molecule has 3 aromatic rings. The molecule has 1 amide bonds. The molecule has 4 rings (SSSR count). The van der Waals surface area contributed by atoms with Crippen molar-refractivity contribution in [3.8, 4) is 0 Å². The lowest BCUT2D eigenvalue weighted by Crippen LogP contribution is -2.39. The van der Waals surface area contributed by atoms with Crippen molar-refractivity contribution in [2.24, 2.45) is 11.8 Å². The van der Waals surface area contributed by atoms with Crippen LogP contribution in [0.2, 0.25) is 0 Å². The molecule has 0 aliphatic carbocycles. The molecule has 2 aromatic carbocycles. The van der Waals surface area contributed by atoms with Gasteiger partial charge in [0.2, 0.25) is 0 Å². The van der Waals surface area contributed by atoms with Gasteiger partial charge in [0.15, 0.2) is 0 Å². The van der Waals surface area contributed by atoms with Gasteiger partial charge < -0.3 is 4.90 Å². The first-order valence-corrected chi connectivity index (χ1v) is 12.7. The molecule has 2 heterocycles. The smallest absolute Gasteiger partial charge is 0.338 e. The molecule has 2 atom stereocenters. The standard InChI is InChI=1S/C30H34F3N3O/c1-21(2)16-36(29(37)24-11-9-22(3)10-12-24)19-26-18-35(17-23-6-5-13-34-15-23)20-28(26)25-7-4-8-27(14-25)30(31,32)33/h4-15,21,26,28H,16-20H2,1-3H3. The summed E-state index contributed by atoms with van der Waals surface area (Å²) in [5.74, 6) is 0.0873. The van der Waals surface area contributed by atoms with E-state index in [9.17, 15) is 18.0 Å². The zero-order valence-electron chi connectivity index (χ0n) is 21.6. The van der Waals surface area contributed by atoms with Crippen LogP contribution >= 0.6 is 0 Å². The lowest BCUT2D eigenvalue weighted by molar-refractivity contribution is -0.137. The van der Waals surface area contributed by atoms with Crippen molar-refractivity contribution in [2.75, 3.05) is 26.2 Å². The Bertz CT molecular complexity index is 1180. The van der Waals surface area contributed by atoms with Crippen LogP contribution in [0.1, 0.15) is 52.4 Å². The van der Waals surface area contributed by atoms with E-state index in [1.165, 1.54) is 12.1 Å². The van der Waals surface area contributed by atoms with Crippen molar-refractivity contribution < 1.29 is 18.0 Å². The summed E-state index contributed by atoms with van der Waals surface area (Å²) in [4.78, 5) is 21.9. The van der Waals surface area contributed by atoms with Crippen LogP contribution in [-0.2, 0) is 12.7 Å². The van der Waals surface area contributed by atoms with Crippen LogP contribution in [0, 0.1) is 18.8 Å². The van der Waals surface area contributed by atoms with Gasteiger partial charge in [-0.15, -0.1) is 0 Å². The van der Waals surface area contributed by atoms with Gasteiger partial charge in [0.25, 0.3) is 5.91 Å². The molecule has 0 bridgehead atoms. The third-order valence-corrected chi connectivity index (χ3v) is 6.91. The lowest BCUT2D eigenvalue weighted by atomic mass is 9.87. The molecule has 4 nitrogen and oxygen atoms in total. The van der Waals surface area contributed by atoms with Crippen LogP contribution in [0.25, 0.3) is 0 Å². The molecule has 1 fully saturated rings. The topological polar surface area (TPSA) is 36.4 Å². The Labute approximate surface area is 217 Å². The molecule has 0 spiro atoms. The second kappa shape index (κ2) is 11.5. The SMILES string of the molecule is Cc1ccc(C(=O)N(CC(C)C)CC2CN(Cc3cccnc3)CC2c2cccc(C(F)(F)F)c2)cc1. The van der Waals surface area contributed by atoms with Crippen LogP contribution in [0.5, 0.6) is 0 Å². The highest BCUT2D eigenvalue weighted by Crippen LogP contribution is 2.37. The molecule has 2 unspecified atom stereocenters. The maximum Gasteiger partial charge on any atom is 0.416 e. The van der Waals surface area contributed by atoms with Crippen LogP contribution in [0.4, 0.5) is 13.2 Å². The first kappa shape index (κ1) is 26.9. The van der Waals surface area contributed by atoms with Crippen LogP contribution in [0.3, 0.4) is 0 Å². The van der Waals surface area contributed by atoms with Crippen LogP contribution in [-0.4, -0.2) is 46.9 Å². The molecule has 37 heavy (non-hydrogen) atoms. The van der Waals surface area contributed by atoms with Gasteiger partial charge in [0.1, 0.15) is 0 Å². The number of amides is 1. The number of benzene rings is 2. The van der Waals surface area contributed by atoms with E-state index in [1.807, 2.05) is 54.4 Å². The summed E-state index contributed by atoms with van der Waals surface area (Å²) in [6.07, 6.45) is -0.856. The zero-order valence-corrected chi connectivity index (χ0v) is 21.6. The molecular weight excluding hydrogens is 475 g/mol. The summed E-state index contributed by atoms with van der Waals surface area (Å²) in [7, 11) is 0. The third kappa shape index (κ3) is 6.98. The molecule has 1 aliphatic rings.